The third-order valence-corrected chi connectivity index (χ3v) is 6.93. The summed E-state index contributed by atoms with van der Waals surface area (Å²) >= 11 is 0. The third kappa shape index (κ3) is 4.68. The SMILES string of the molecule is CC#CC(=O)N1CCC[C@@H](n2c(C)c(-c3ccc(C(=O)Nc4cc(C)ccn4)cc3)c3c(N)ncnc32)C1. The number of fused-ring (bicyclic) bond motifs is 1. The highest BCUT2D eigenvalue weighted by atomic mass is 16.2. The number of rotatable bonds is 4. The molecule has 1 aliphatic heterocycles. The lowest BCUT2D eigenvalue weighted by atomic mass is 10.0. The van der Waals surface area contributed by atoms with Gasteiger partial charge in [-0.05, 0) is 74.9 Å². The first-order valence-corrected chi connectivity index (χ1v) is 12.5. The highest BCUT2D eigenvalue weighted by molar-refractivity contribution is 6.05. The van der Waals surface area contributed by atoms with E-state index in [2.05, 4.69) is 36.7 Å². The van der Waals surface area contributed by atoms with Gasteiger partial charge in [-0.3, -0.25) is 9.59 Å². The number of aromatic nitrogens is 4. The third-order valence-electron chi connectivity index (χ3n) is 6.93. The van der Waals surface area contributed by atoms with Crippen molar-refractivity contribution in [1.82, 2.24) is 24.4 Å². The van der Waals surface area contributed by atoms with Crippen LogP contribution in [0.5, 0.6) is 0 Å². The summed E-state index contributed by atoms with van der Waals surface area (Å²) < 4.78 is 2.17. The van der Waals surface area contributed by atoms with Crippen LogP contribution in [0.4, 0.5) is 11.6 Å². The van der Waals surface area contributed by atoms with Crippen LogP contribution in [0.25, 0.3) is 22.2 Å². The zero-order valence-corrected chi connectivity index (χ0v) is 21.7. The van der Waals surface area contributed by atoms with Crippen LogP contribution in [0.15, 0.2) is 48.9 Å². The Morgan fingerprint density at radius 2 is 1.89 bits per heavy atom. The minimum atomic E-state index is -0.237. The van der Waals surface area contributed by atoms with Crippen molar-refractivity contribution in [2.45, 2.75) is 39.7 Å². The molecule has 0 unspecified atom stereocenters. The molecule has 0 saturated carbocycles. The van der Waals surface area contributed by atoms with Crippen LogP contribution >= 0.6 is 0 Å². The van der Waals surface area contributed by atoms with E-state index >= 15 is 0 Å². The predicted molar refractivity (Wildman–Crippen MR) is 147 cm³/mol. The normalized spacial score (nSPS) is 15.1. The summed E-state index contributed by atoms with van der Waals surface area (Å²) in [6.07, 6.45) is 4.91. The smallest absolute Gasteiger partial charge is 0.298 e. The maximum Gasteiger partial charge on any atom is 0.298 e. The average Bonchev–Trinajstić information content (AvgIpc) is 3.22. The number of aryl methyl sites for hydroxylation is 1. The maximum absolute atomic E-state index is 12.8. The Morgan fingerprint density at radius 1 is 1.11 bits per heavy atom. The second kappa shape index (κ2) is 10.3. The molecule has 5 rings (SSSR count). The van der Waals surface area contributed by atoms with E-state index in [1.165, 1.54) is 6.33 Å². The summed E-state index contributed by atoms with van der Waals surface area (Å²) in [7, 11) is 0. The standard InChI is InChI=1S/C29H29N7O2/c1-4-6-24(37)35-14-5-7-22(16-35)36-19(3)25(26-27(30)32-17-33-28(26)36)20-8-10-21(11-9-20)29(38)34-23-15-18(2)12-13-31-23/h8-13,15,17,22H,5,7,14,16H2,1-3H3,(H2,30,32,33)(H,31,34,38)/t22-/m1/s1. The summed E-state index contributed by atoms with van der Waals surface area (Å²) in [5.74, 6) is 5.86. The van der Waals surface area contributed by atoms with E-state index < -0.39 is 0 Å². The van der Waals surface area contributed by atoms with E-state index in [-0.39, 0.29) is 17.9 Å². The molecular weight excluding hydrogens is 478 g/mol. The van der Waals surface area contributed by atoms with Crippen LogP contribution in [0.2, 0.25) is 0 Å². The first-order valence-electron chi connectivity index (χ1n) is 12.5. The van der Waals surface area contributed by atoms with E-state index in [1.807, 2.05) is 38.1 Å². The van der Waals surface area contributed by atoms with Gasteiger partial charge < -0.3 is 20.5 Å². The van der Waals surface area contributed by atoms with Gasteiger partial charge in [0.25, 0.3) is 11.8 Å². The number of benzene rings is 1. The monoisotopic (exact) mass is 507 g/mol. The van der Waals surface area contributed by atoms with Crippen LogP contribution in [0, 0.1) is 25.7 Å². The molecule has 4 heterocycles. The lowest BCUT2D eigenvalue weighted by Gasteiger charge is -2.33. The van der Waals surface area contributed by atoms with Crippen LogP contribution in [0.1, 0.15) is 47.4 Å². The van der Waals surface area contributed by atoms with Gasteiger partial charge in [0, 0.05) is 36.1 Å². The first kappa shape index (κ1) is 25.0. The molecule has 9 nitrogen and oxygen atoms in total. The van der Waals surface area contributed by atoms with Gasteiger partial charge in [0.05, 0.1) is 11.4 Å². The Kier molecular flexibility index (Phi) is 6.79. The summed E-state index contributed by atoms with van der Waals surface area (Å²) in [4.78, 5) is 40.2. The molecule has 2 amide bonds. The van der Waals surface area contributed by atoms with Crippen molar-refractivity contribution in [3.8, 4) is 23.0 Å². The first-order chi connectivity index (χ1) is 18.4. The number of likely N-dealkylation sites (tertiary alicyclic amines) is 1. The Bertz CT molecular complexity index is 1600. The fourth-order valence-electron chi connectivity index (χ4n) is 5.19. The molecule has 3 aromatic heterocycles. The zero-order chi connectivity index (χ0) is 26.8. The molecule has 1 aromatic carbocycles. The lowest BCUT2D eigenvalue weighted by molar-refractivity contribution is -0.126. The molecule has 4 aromatic rings. The second-order valence-corrected chi connectivity index (χ2v) is 9.46. The minimum Gasteiger partial charge on any atom is -0.383 e. The van der Waals surface area contributed by atoms with Crippen molar-refractivity contribution < 1.29 is 9.59 Å². The lowest BCUT2D eigenvalue weighted by Crippen LogP contribution is -2.40. The summed E-state index contributed by atoms with van der Waals surface area (Å²) in [6.45, 7) is 6.89. The van der Waals surface area contributed by atoms with Gasteiger partial charge in [-0.25, -0.2) is 15.0 Å². The Balaban J connectivity index is 1.50. The number of nitrogens with zero attached hydrogens (tertiary/aromatic N) is 5. The molecule has 0 radical (unpaired) electrons. The molecule has 0 aliphatic carbocycles. The fourth-order valence-corrected chi connectivity index (χ4v) is 5.19. The van der Waals surface area contributed by atoms with E-state index in [4.69, 9.17) is 5.73 Å². The van der Waals surface area contributed by atoms with Gasteiger partial charge in [0.15, 0.2) is 0 Å². The predicted octanol–water partition coefficient (Wildman–Crippen LogP) is 4.13. The largest absolute Gasteiger partial charge is 0.383 e. The van der Waals surface area contributed by atoms with Crippen molar-refractivity contribution in [3.05, 3.63) is 65.7 Å². The number of carbonyl (C=O) groups is 2. The van der Waals surface area contributed by atoms with Crippen molar-refractivity contribution in [2.75, 3.05) is 24.1 Å². The number of hydrogen-bond donors (Lipinski definition) is 2. The molecule has 38 heavy (non-hydrogen) atoms. The summed E-state index contributed by atoms with van der Waals surface area (Å²) in [5, 5.41) is 3.61. The van der Waals surface area contributed by atoms with E-state index in [1.54, 1.807) is 30.2 Å². The number of pyridine rings is 1. The van der Waals surface area contributed by atoms with Crippen LogP contribution in [-0.2, 0) is 4.79 Å². The molecular formula is C29H29N7O2. The Morgan fingerprint density at radius 3 is 2.63 bits per heavy atom. The number of carbonyl (C=O) groups excluding carboxylic acids is 2. The number of piperidine rings is 1. The highest BCUT2D eigenvalue weighted by Gasteiger charge is 2.29. The number of nitrogen functional groups attached to an aromatic ring is 1. The quantitative estimate of drug-likeness (QED) is 0.401. The van der Waals surface area contributed by atoms with Gasteiger partial charge in [-0.15, -0.1) is 0 Å². The zero-order valence-electron chi connectivity index (χ0n) is 21.7. The van der Waals surface area contributed by atoms with Crippen LogP contribution in [0.3, 0.4) is 0 Å². The van der Waals surface area contributed by atoms with E-state index in [9.17, 15) is 9.59 Å². The molecule has 192 valence electrons. The highest BCUT2D eigenvalue weighted by Crippen LogP contribution is 2.39. The molecule has 3 N–H and O–H groups in total. The van der Waals surface area contributed by atoms with Crippen LogP contribution < -0.4 is 11.1 Å². The molecule has 9 heteroatoms. The van der Waals surface area contributed by atoms with Gasteiger partial charge in [0.2, 0.25) is 0 Å². The number of amides is 2. The van der Waals surface area contributed by atoms with Crippen molar-refractivity contribution in [3.63, 3.8) is 0 Å². The Labute approximate surface area is 221 Å². The maximum atomic E-state index is 12.8. The summed E-state index contributed by atoms with van der Waals surface area (Å²) in [5.41, 5.74) is 11.4. The number of nitrogens with two attached hydrogens (primary N) is 1. The number of nitrogens with one attached hydrogen (secondary N) is 1. The fraction of sp³-hybridized carbons (Fsp3) is 0.276. The van der Waals surface area contributed by atoms with Gasteiger partial charge >= 0.3 is 0 Å². The van der Waals surface area contributed by atoms with Gasteiger partial charge in [-0.2, -0.15) is 0 Å². The van der Waals surface area contributed by atoms with Gasteiger partial charge in [-0.1, -0.05) is 18.1 Å². The van der Waals surface area contributed by atoms with Crippen molar-refractivity contribution >= 4 is 34.5 Å². The topological polar surface area (TPSA) is 119 Å². The molecule has 1 fully saturated rings. The van der Waals surface area contributed by atoms with E-state index in [0.29, 0.717) is 30.3 Å². The van der Waals surface area contributed by atoms with Gasteiger partial charge in [0.1, 0.15) is 23.6 Å². The number of hydrogen-bond acceptors (Lipinski definition) is 6. The van der Waals surface area contributed by atoms with Crippen LogP contribution in [-0.4, -0.2) is 49.3 Å². The minimum absolute atomic E-state index is 0.0313. The summed E-state index contributed by atoms with van der Waals surface area (Å²) in [6, 6.07) is 11.1. The number of anilines is 2. The molecule has 1 atom stereocenters. The molecule has 0 bridgehead atoms. The second-order valence-electron chi connectivity index (χ2n) is 9.46. The van der Waals surface area contributed by atoms with Crippen molar-refractivity contribution in [1.29, 1.82) is 0 Å². The molecule has 1 aliphatic rings. The molecule has 1 saturated heterocycles. The average molecular weight is 508 g/mol. The molecule has 0 spiro atoms. The van der Waals surface area contributed by atoms with E-state index in [0.717, 1.165) is 46.3 Å². The Hall–Kier alpha value is -4.71. The van der Waals surface area contributed by atoms with Crippen molar-refractivity contribution in [2.24, 2.45) is 0 Å².